The van der Waals surface area contributed by atoms with Crippen molar-refractivity contribution >= 4 is 0 Å². The third-order valence-corrected chi connectivity index (χ3v) is 3.34. The van der Waals surface area contributed by atoms with Gasteiger partial charge in [-0.25, -0.2) is 0 Å². The monoisotopic (exact) mass is 205 g/mol. The van der Waals surface area contributed by atoms with Crippen LogP contribution in [0, 0.1) is 5.92 Å². The number of pyridine rings is 1. The average Bonchev–Trinajstić information content (AvgIpc) is 2.16. The van der Waals surface area contributed by atoms with Crippen molar-refractivity contribution in [2.75, 3.05) is 13.1 Å². The summed E-state index contributed by atoms with van der Waals surface area (Å²) in [6.45, 7) is 7.40. The summed E-state index contributed by atoms with van der Waals surface area (Å²) >= 11 is 0. The topological polar surface area (TPSA) is 42.1 Å². The molecule has 82 valence electrons. The molecule has 3 nitrogen and oxygen atoms in total. The second kappa shape index (κ2) is 3.91. The lowest BCUT2D eigenvalue weighted by Crippen LogP contribution is -2.69. The molecule has 0 bridgehead atoms. The van der Waals surface area contributed by atoms with E-state index in [9.17, 15) is 0 Å². The van der Waals surface area contributed by atoms with Gasteiger partial charge in [-0.1, -0.05) is 13.8 Å². The molecule has 15 heavy (non-hydrogen) atoms. The molecule has 0 saturated carbocycles. The normalized spacial score (nSPS) is 20.3. The first-order chi connectivity index (χ1) is 7.10. The molecule has 1 aromatic heterocycles. The van der Waals surface area contributed by atoms with Gasteiger partial charge in [-0.3, -0.25) is 9.88 Å². The number of hydrogen-bond donors (Lipinski definition) is 1. The minimum Gasteiger partial charge on any atom is -0.323 e. The van der Waals surface area contributed by atoms with Crippen LogP contribution in [0.4, 0.5) is 0 Å². The molecule has 1 fully saturated rings. The fraction of sp³-hybridized carbons (Fsp3) is 0.583. The van der Waals surface area contributed by atoms with Crippen molar-refractivity contribution in [3.63, 3.8) is 0 Å². The molecule has 3 heteroatoms. The molecule has 0 amide bonds. The van der Waals surface area contributed by atoms with Gasteiger partial charge in [0, 0.05) is 37.6 Å². The first-order valence-corrected chi connectivity index (χ1v) is 5.50. The Morgan fingerprint density at radius 2 is 2.00 bits per heavy atom. The Bertz CT molecular complexity index is 315. The van der Waals surface area contributed by atoms with Crippen LogP contribution in [0.3, 0.4) is 0 Å². The fourth-order valence-electron chi connectivity index (χ4n) is 2.01. The minimum atomic E-state index is 0.0348. The van der Waals surface area contributed by atoms with Crippen LogP contribution >= 0.6 is 0 Å². The summed E-state index contributed by atoms with van der Waals surface area (Å²) in [5.74, 6) is 0.561. The maximum absolute atomic E-state index is 6.24. The Hall–Kier alpha value is -0.930. The van der Waals surface area contributed by atoms with Crippen molar-refractivity contribution in [3.05, 3.63) is 30.1 Å². The van der Waals surface area contributed by atoms with E-state index in [0.717, 1.165) is 19.6 Å². The van der Waals surface area contributed by atoms with E-state index in [-0.39, 0.29) is 5.54 Å². The lowest BCUT2D eigenvalue weighted by Gasteiger charge is -2.50. The quantitative estimate of drug-likeness (QED) is 0.807. The SMILES string of the molecule is CC(C)C1(N)CN(Cc2ccncc2)C1. The van der Waals surface area contributed by atoms with Crippen LogP contribution < -0.4 is 5.73 Å². The zero-order valence-electron chi connectivity index (χ0n) is 9.48. The van der Waals surface area contributed by atoms with E-state index in [2.05, 4.69) is 35.9 Å². The largest absolute Gasteiger partial charge is 0.323 e. The fourth-order valence-corrected chi connectivity index (χ4v) is 2.01. The predicted molar refractivity (Wildman–Crippen MR) is 61.3 cm³/mol. The Labute approximate surface area is 91.3 Å². The lowest BCUT2D eigenvalue weighted by molar-refractivity contribution is 0.0313. The summed E-state index contributed by atoms with van der Waals surface area (Å²) in [5, 5.41) is 0. The lowest BCUT2D eigenvalue weighted by atomic mass is 9.80. The average molecular weight is 205 g/mol. The summed E-state index contributed by atoms with van der Waals surface area (Å²) < 4.78 is 0. The van der Waals surface area contributed by atoms with Crippen LogP contribution in [-0.4, -0.2) is 28.5 Å². The van der Waals surface area contributed by atoms with Gasteiger partial charge in [0.1, 0.15) is 0 Å². The first-order valence-electron chi connectivity index (χ1n) is 5.50. The molecule has 0 spiro atoms. The summed E-state index contributed by atoms with van der Waals surface area (Å²) in [5.41, 5.74) is 7.59. The molecular weight excluding hydrogens is 186 g/mol. The van der Waals surface area contributed by atoms with E-state index in [0.29, 0.717) is 5.92 Å². The standard InChI is InChI=1S/C12H19N3/c1-10(2)12(13)8-15(9-12)7-11-3-5-14-6-4-11/h3-6,10H,7-9,13H2,1-2H3. The first kappa shape index (κ1) is 10.6. The second-order valence-corrected chi connectivity index (χ2v) is 4.89. The van der Waals surface area contributed by atoms with Crippen molar-refractivity contribution in [1.82, 2.24) is 9.88 Å². The molecule has 1 aliphatic heterocycles. The van der Waals surface area contributed by atoms with E-state index >= 15 is 0 Å². The van der Waals surface area contributed by atoms with E-state index in [1.807, 2.05) is 12.4 Å². The highest BCUT2D eigenvalue weighted by molar-refractivity contribution is 5.12. The van der Waals surface area contributed by atoms with Gasteiger partial charge in [-0.2, -0.15) is 0 Å². The zero-order chi connectivity index (χ0) is 10.9. The van der Waals surface area contributed by atoms with E-state index < -0.39 is 0 Å². The van der Waals surface area contributed by atoms with E-state index in [1.54, 1.807) is 0 Å². The number of likely N-dealkylation sites (tertiary alicyclic amines) is 1. The third-order valence-electron chi connectivity index (χ3n) is 3.34. The Morgan fingerprint density at radius 3 is 2.53 bits per heavy atom. The van der Waals surface area contributed by atoms with Crippen LogP contribution in [0.1, 0.15) is 19.4 Å². The molecule has 0 aromatic carbocycles. The van der Waals surface area contributed by atoms with Crippen LogP contribution in [-0.2, 0) is 6.54 Å². The van der Waals surface area contributed by atoms with Gasteiger partial charge in [-0.05, 0) is 23.6 Å². The third kappa shape index (κ3) is 2.19. The maximum Gasteiger partial charge on any atom is 0.0435 e. The van der Waals surface area contributed by atoms with Crippen molar-refractivity contribution in [2.45, 2.75) is 25.9 Å². The summed E-state index contributed by atoms with van der Waals surface area (Å²) in [6.07, 6.45) is 3.68. The Balaban J connectivity index is 1.86. The van der Waals surface area contributed by atoms with Crippen LogP contribution in [0.15, 0.2) is 24.5 Å². The van der Waals surface area contributed by atoms with Gasteiger partial charge in [0.15, 0.2) is 0 Å². The van der Waals surface area contributed by atoms with Gasteiger partial charge in [0.2, 0.25) is 0 Å². The molecule has 1 saturated heterocycles. The minimum absolute atomic E-state index is 0.0348. The number of nitrogens with two attached hydrogens (primary N) is 1. The number of rotatable bonds is 3. The highest BCUT2D eigenvalue weighted by Gasteiger charge is 2.41. The second-order valence-electron chi connectivity index (χ2n) is 4.89. The Kier molecular flexibility index (Phi) is 2.76. The van der Waals surface area contributed by atoms with Crippen LogP contribution in [0.5, 0.6) is 0 Å². The molecule has 1 aromatic rings. The number of aromatic nitrogens is 1. The van der Waals surface area contributed by atoms with E-state index in [1.165, 1.54) is 5.56 Å². The van der Waals surface area contributed by atoms with Gasteiger partial charge in [0.25, 0.3) is 0 Å². The summed E-state index contributed by atoms with van der Waals surface area (Å²) in [4.78, 5) is 6.39. The van der Waals surface area contributed by atoms with Crippen LogP contribution in [0.2, 0.25) is 0 Å². The summed E-state index contributed by atoms with van der Waals surface area (Å²) in [7, 11) is 0. The molecule has 0 unspecified atom stereocenters. The molecule has 0 aliphatic carbocycles. The molecular formula is C12H19N3. The predicted octanol–water partition coefficient (Wildman–Crippen LogP) is 1.25. The van der Waals surface area contributed by atoms with Crippen molar-refractivity contribution < 1.29 is 0 Å². The Morgan fingerprint density at radius 1 is 1.40 bits per heavy atom. The molecule has 1 aliphatic rings. The van der Waals surface area contributed by atoms with Gasteiger partial charge < -0.3 is 5.73 Å². The van der Waals surface area contributed by atoms with Crippen molar-refractivity contribution in [3.8, 4) is 0 Å². The van der Waals surface area contributed by atoms with Gasteiger partial charge >= 0.3 is 0 Å². The number of hydrogen-bond acceptors (Lipinski definition) is 3. The highest BCUT2D eigenvalue weighted by Crippen LogP contribution is 2.27. The maximum atomic E-state index is 6.24. The van der Waals surface area contributed by atoms with Gasteiger partial charge in [-0.15, -0.1) is 0 Å². The highest BCUT2D eigenvalue weighted by atomic mass is 15.2. The van der Waals surface area contributed by atoms with Gasteiger partial charge in [0.05, 0.1) is 0 Å². The molecule has 0 radical (unpaired) electrons. The van der Waals surface area contributed by atoms with Crippen molar-refractivity contribution in [2.24, 2.45) is 11.7 Å². The molecule has 0 atom stereocenters. The van der Waals surface area contributed by atoms with Crippen LogP contribution in [0.25, 0.3) is 0 Å². The molecule has 2 rings (SSSR count). The number of nitrogens with zero attached hydrogens (tertiary/aromatic N) is 2. The summed E-state index contributed by atoms with van der Waals surface area (Å²) in [6, 6.07) is 4.12. The molecule has 2 heterocycles. The van der Waals surface area contributed by atoms with E-state index in [4.69, 9.17) is 5.73 Å². The zero-order valence-corrected chi connectivity index (χ0v) is 9.48. The molecule has 2 N–H and O–H groups in total. The van der Waals surface area contributed by atoms with Crippen molar-refractivity contribution in [1.29, 1.82) is 0 Å². The smallest absolute Gasteiger partial charge is 0.0435 e.